The lowest BCUT2D eigenvalue weighted by atomic mass is 10.1. The van der Waals surface area contributed by atoms with E-state index in [-0.39, 0.29) is 5.91 Å². The molecule has 0 radical (unpaired) electrons. The lowest BCUT2D eigenvalue weighted by Gasteiger charge is -2.11. The maximum atomic E-state index is 12.8. The first-order valence-corrected chi connectivity index (χ1v) is 12.9. The van der Waals surface area contributed by atoms with E-state index in [1.165, 1.54) is 11.8 Å². The highest BCUT2D eigenvalue weighted by atomic mass is 35.5. The molecule has 0 aliphatic rings. The van der Waals surface area contributed by atoms with Gasteiger partial charge in [0.05, 0.1) is 26.2 Å². The molecule has 5 rings (SSSR count). The second-order valence-electron chi connectivity index (χ2n) is 8.11. The number of aromatic nitrogens is 3. The summed E-state index contributed by atoms with van der Waals surface area (Å²) < 4.78 is 18.0. The highest BCUT2D eigenvalue weighted by molar-refractivity contribution is 7.98. The Morgan fingerprint density at radius 1 is 0.974 bits per heavy atom. The molecule has 2 aromatic heterocycles. The number of amides is 1. The molecule has 0 fully saturated rings. The number of carbonyl (C=O) groups excluding carboxylic acids is 1. The van der Waals surface area contributed by atoms with Crippen LogP contribution in [0.3, 0.4) is 0 Å². The molecule has 192 valence electrons. The van der Waals surface area contributed by atoms with Crippen LogP contribution in [0.2, 0.25) is 5.02 Å². The van der Waals surface area contributed by atoms with Crippen molar-refractivity contribution in [2.75, 3.05) is 19.5 Å². The second-order valence-corrected chi connectivity index (χ2v) is 9.49. The summed E-state index contributed by atoms with van der Waals surface area (Å²) >= 11 is 7.78. The molecule has 1 N–H and O–H groups in total. The van der Waals surface area contributed by atoms with Crippen LogP contribution in [0.25, 0.3) is 17.3 Å². The lowest BCUT2D eigenvalue weighted by molar-refractivity contribution is 0.102. The Balaban J connectivity index is 1.30. The van der Waals surface area contributed by atoms with Crippen molar-refractivity contribution in [3.63, 3.8) is 0 Å². The van der Waals surface area contributed by atoms with E-state index >= 15 is 0 Å². The van der Waals surface area contributed by atoms with Crippen molar-refractivity contribution >= 4 is 35.0 Å². The summed E-state index contributed by atoms with van der Waals surface area (Å²) in [4.78, 5) is 12.8. The molecule has 0 saturated carbocycles. The molecular formula is C28H23ClN4O4S. The van der Waals surface area contributed by atoms with E-state index in [0.29, 0.717) is 50.3 Å². The fraction of sp³-hybridized carbons (Fsp3) is 0.107. The van der Waals surface area contributed by atoms with Gasteiger partial charge in [0.25, 0.3) is 5.91 Å². The Labute approximate surface area is 228 Å². The molecule has 0 saturated heterocycles. The minimum absolute atomic E-state index is 0.222. The molecule has 0 aliphatic heterocycles. The monoisotopic (exact) mass is 546 g/mol. The van der Waals surface area contributed by atoms with Gasteiger partial charge in [0, 0.05) is 28.1 Å². The van der Waals surface area contributed by atoms with Crippen LogP contribution in [-0.4, -0.2) is 34.9 Å². The van der Waals surface area contributed by atoms with Crippen LogP contribution >= 0.6 is 23.4 Å². The van der Waals surface area contributed by atoms with Gasteiger partial charge in [0.1, 0.15) is 0 Å². The highest BCUT2D eigenvalue weighted by Crippen LogP contribution is 2.32. The number of halogens is 1. The third-order valence-corrected chi connectivity index (χ3v) is 6.90. The van der Waals surface area contributed by atoms with Crippen molar-refractivity contribution in [2.24, 2.45) is 0 Å². The summed E-state index contributed by atoms with van der Waals surface area (Å²) in [6, 6.07) is 23.8. The number of benzene rings is 3. The second kappa shape index (κ2) is 11.5. The van der Waals surface area contributed by atoms with Gasteiger partial charge in [-0.2, -0.15) is 0 Å². The fourth-order valence-electron chi connectivity index (χ4n) is 3.79. The van der Waals surface area contributed by atoms with Gasteiger partial charge in [-0.1, -0.05) is 41.6 Å². The minimum Gasteiger partial charge on any atom is -0.493 e. The summed E-state index contributed by atoms with van der Waals surface area (Å²) in [6.45, 7) is 0. The van der Waals surface area contributed by atoms with Crippen LogP contribution in [0.4, 0.5) is 5.69 Å². The van der Waals surface area contributed by atoms with Crippen LogP contribution < -0.4 is 14.8 Å². The van der Waals surface area contributed by atoms with Gasteiger partial charge in [-0.15, -0.1) is 10.2 Å². The number of methoxy groups -OCH3 is 2. The Morgan fingerprint density at radius 3 is 2.50 bits per heavy atom. The Kier molecular flexibility index (Phi) is 7.67. The predicted molar refractivity (Wildman–Crippen MR) is 148 cm³/mol. The van der Waals surface area contributed by atoms with E-state index < -0.39 is 0 Å². The van der Waals surface area contributed by atoms with Crippen LogP contribution in [0.5, 0.6) is 11.5 Å². The summed E-state index contributed by atoms with van der Waals surface area (Å²) in [6.07, 6.45) is 1.60. The first-order chi connectivity index (χ1) is 18.6. The van der Waals surface area contributed by atoms with E-state index in [1.54, 1.807) is 50.8 Å². The number of carbonyl (C=O) groups is 1. The molecule has 1 amide bonds. The number of rotatable bonds is 9. The molecule has 0 bridgehead atoms. The largest absolute Gasteiger partial charge is 0.493 e. The maximum absolute atomic E-state index is 12.8. The van der Waals surface area contributed by atoms with Crippen molar-refractivity contribution in [2.45, 2.75) is 10.9 Å². The number of furan rings is 1. The van der Waals surface area contributed by atoms with Crippen molar-refractivity contribution in [3.8, 4) is 28.8 Å². The number of hydrogen-bond donors (Lipinski definition) is 1. The number of nitrogens with zero attached hydrogens (tertiary/aromatic N) is 3. The highest BCUT2D eigenvalue weighted by Gasteiger charge is 2.18. The third kappa shape index (κ3) is 5.53. The Bertz CT molecular complexity index is 1550. The summed E-state index contributed by atoms with van der Waals surface area (Å²) in [5.41, 5.74) is 3.01. The normalized spacial score (nSPS) is 10.8. The van der Waals surface area contributed by atoms with E-state index in [9.17, 15) is 4.79 Å². The minimum atomic E-state index is -0.222. The van der Waals surface area contributed by atoms with Gasteiger partial charge in [-0.05, 0) is 60.2 Å². The summed E-state index contributed by atoms with van der Waals surface area (Å²) in [7, 11) is 3.12. The van der Waals surface area contributed by atoms with Crippen molar-refractivity contribution in [3.05, 3.63) is 101 Å². The molecule has 10 heteroatoms. The number of hydrogen-bond acceptors (Lipinski definition) is 7. The van der Waals surface area contributed by atoms with Crippen molar-refractivity contribution in [1.29, 1.82) is 0 Å². The molecule has 0 aliphatic carbocycles. The third-order valence-electron chi connectivity index (χ3n) is 5.67. The zero-order valence-corrected chi connectivity index (χ0v) is 22.1. The van der Waals surface area contributed by atoms with Gasteiger partial charge < -0.3 is 19.2 Å². The van der Waals surface area contributed by atoms with Crippen molar-refractivity contribution < 1.29 is 18.7 Å². The quantitative estimate of drug-likeness (QED) is 0.205. The number of nitrogens with one attached hydrogen (secondary N) is 1. The van der Waals surface area contributed by atoms with Gasteiger partial charge in [-0.25, -0.2) is 0 Å². The molecule has 5 aromatic rings. The topological polar surface area (TPSA) is 91.4 Å². The molecule has 0 unspecified atom stereocenters. The number of anilines is 1. The maximum Gasteiger partial charge on any atom is 0.255 e. The standard InChI is InChI=1S/C28H23ClN4O4S/c1-35-23-13-12-21(16-25(23)36-2)30-27(34)19-10-8-18(9-11-19)17-38-28-32-31-26(24-7-4-14-37-24)33(28)22-6-3-5-20(29)15-22/h3-16H,17H2,1-2H3,(H,30,34). The zero-order chi connectivity index (χ0) is 26.5. The van der Waals surface area contributed by atoms with Crippen LogP contribution in [0, 0.1) is 0 Å². The predicted octanol–water partition coefficient (Wildman–Crippen LogP) is 6.74. The number of ether oxygens (including phenoxy) is 2. The van der Waals surface area contributed by atoms with Crippen LogP contribution in [-0.2, 0) is 5.75 Å². The van der Waals surface area contributed by atoms with Gasteiger partial charge in [0.15, 0.2) is 22.4 Å². The fourth-order valence-corrected chi connectivity index (χ4v) is 4.89. The Hall–Kier alpha value is -4.21. The Morgan fingerprint density at radius 2 is 1.79 bits per heavy atom. The number of thioether (sulfide) groups is 1. The smallest absolute Gasteiger partial charge is 0.255 e. The van der Waals surface area contributed by atoms with Gasteiger partial charge in [-0.3, -0.25) is 9.36 Å². The average Bonchev–Trinajstić information content (AvgIpc) is 3.62. The summed E-state index contributed by atoms with van der Waals surface area (Å²) in [5, 5.41) is 13.0. The van der Waals surface area contributed by atoms with E-state index in [2.05, 4.69) is 15.5 Å². The van der Waals surface area contributed by atoms with Crippen LogP contribution in [0.1, 0.15) is 15.9 Å². The molecule has 8 nitrogen and oxygen atoms in total. The lowest BCUT2D eigenvalue weighted by Crippen LogP contribution is -2.12. The van der Waals surface area contributed by atoms with Gasteiger partial charge in [0.2, 0.25) is 5.82 Å². The first kappa shape index (κ1) is 25.4. The van der Waals surface area contributed by atoms with Gasteiger partial charge >= 0.3 is 0 Å². The molecule has 38 heavy (non-hydrogen) atoms. The molecule has 3 aromatic carbocycles. The zero-order valence-electron chi connectivity index (χ0n) is 20.6. The summed E-state index contributed by atoms with van der Waals surface area (Å²) in [5.74, 6) is 2.72. The molecule has 0 spiro atoms. The average molecular weight is 547 g/mol. The van der Waals surface area contributed by atoms with Crippen LogP contribution in [0.15, 0.2) is 94.7 Å². The van der Waals surface area contributed by atoms with E-state index in [4.69, 9.17) is 25.5 Å². The molecular weight excluding hydrogens is 524 g/mol. The van der Waals surface area contributed by atoms with Crippen molar-refractivity contribution in [1.82, 2.24) is 14.8 Å². The van der Waals surface area contributed by atoms with E-state index in [1.807, 2.05) is 53.1 Å². The molecule has 0 atom stereocenters. The molecule has 2 heterocycles. The SMILES string of the molecule is COc1ccc(NC(=O)c2ccc(CSc3nnc(-c4ccco4)n3-c3cccc(Cl)c3)cc2)cc1OC. The van der Waals surface area contributed by atoms with E-state index in [0.717, 1.165) is 11.3 Å². The first-order valence-electron chi connectivity index (χ1n) is 11.6.